The average molecular weight is 374 g/mol. The Hall–Kier alpha value is -2.05. The third-order valence-corrected chi connectivity index (χ3v) is 6.72. The van der Waals surface area contributed by atoms with E-state index in [-0.39, 0.29) is 29.3 Å². The lowest BCUT2D eigenvalue weighted by Crippen LogP contribution is -2.40. The van der Waals surface area contributed by atoms with Gasteiger partial charge in [-0.1, -0.05) is 6.42 Å². The highest BCUT2D eigenvalue weighted by atomic mass is 19.3. The number of amides is 1. The second kappa shape index (κ2) is 6.24. The van der Waals surface area contributed by atoms with Crippen molar-refractivity contribution in [3.05, 3.63) is 29.2 Å². The van der Waals surface area contributed by atoms with Crippen LogP contribution in [-0.4, -0.2) is 26.5 Å². The van der Waals surface area contributed by atoms with Crippen molar-refractivity contribution >= 4 is 11.6 Å². The number of halogens is 2. The molecule has 2 aromatic rings. The van der Waals surface area contributed by atoms with Crippen molar-refractivity contribution in [1.82, 2.24) is 19.9 Å². The zero-order valence-corrected chi connectivity index (χ0v) is 15.4. The maximum atomic E-state index is 13.5. The molecule has 27 heavy (non-hydrogen) atoms. The number of carbonyl (C=O) groups excluding carboxylic acids is 1. The van der Waals surface area contributed by atoms with Gasteiger partial charge in [0.25, 0.3) is 12.3 Å². The van der Waals surface area contributed by atoms with E-state index in [4.69, 9.17) is 0 Å². The molecule has 0 spiro atoms. The molecule has 2 bridgehead atoms. The van der Waals surface area contributed by atoms with Gasteiger partial charge in [0.15, 0.2) is 11.3 Å². The van der Waals surface area contributed by atoms with E-state index in [1.807, 2.05) is 6.92 Å². The third-order valence-electron chi connectivity index (χ3n) is 6.72. The summed E-state index contributed by atoms with van der Waals surface area (Å²) < 4.78 is 28.1. The van der Waals surface area contributed by atoms with E-state index < -0.39 is 6.43 Å². The Kier molecular flexibility index (Phi) is 3.95. The Morgan fingerprint density at radius 1 is 1.22 bits per heavy atom. The first-order valence-electron chi connectivity index (χ1n) is 9.99. The molecule has 0 aromatic carbocycles. The van der Waals surface area contributed by atoms with Crippen LogP contribution in [0.3, 0.4) is 0 Å². The quantitative estimate of drug-likeness (QED) is 0.857. The molecule has 4 unspecified atom stereocenters. The number of rotatable bonds is 5. The third kappa shape index (κ3) is 3.01. The van der Waals surface area contributed by atoms with Gasteiger partial charge in [-0.15, -0.1) is 0 Å². The molecule has 144 valence electrons. The number of alkyl halides is 2. The van der Waals surface area contributed by atoms with E-state index in [0.717, 1.165) is 23.3 Å². The number of hydrogen-bond acceptors (Lipinski definition) is 3. The highest BCUT2D eigenvalue weighted by molar-refractivity contribution is 5.93. The minimum absolute atomic E-state index is 0.0714. The Morgan fingerprint density at radius 3 is 2.67 bits per heavy atom. The molecule has 4 atom stereocenters. The van der Waals surface area contributed by atoms with E-state index in [2.05, 4.69) is 15.4 Å². The molecule has 3 saturated carbocycles. The summed E-state index contributed by atoms with van der Waals surface area (Å²) in [6.07, 6.45) is 4.35. The molecule has 3 aliphatic carbocycles. The zero-order chi connectivity index (χ0) is 18.7. The summed E-state index contributed by atoms with van der Waals surface area (Å²) in [5.41, 5.74) is 0.974. The highest BCUT2D eigenvalue weighted by Crippen LogP contribution is 2.49. The molecule has 3 fully saturated rings. The van der Waals surface area contributed by atoms with Gasteiger partial charge in [0.2, 0.25) is 0 Å². The van der Waals surface area contributed by atoms with Crippen LogP contribution in [0.5, 0.6) is 0 Å². The fourth-order valence-corrected chi connectivity index (χ4v) is 5.17. The Morgan fingerprint density at radius 2 is 2.04 bits per heavy atom. The lowest BCUT2D eigenvalue weighted by Gasteiger charge is -2.28. The molecule has 3 aliphatic rings. The number of nitrogens with zero attached hydrogens (tertiary/aromatic N) is 3. The Bertz CT molecular complexity index is 891. The SMILES string of the molecule is CC(NC(=O)c1cc2nc(C3CC3)cc(C(F)F)n2n1)C1CC2CCC1C2. The van der Waals surface area contributed by atoms with Crippen molar-refractivity contribution in [2.45, 2.75) is 63.8 Å². The summed E-state index contributed by atoms with van der Waals surface area (Å²) >= 11 is 0. The number of fused-ring (bicyclic) bond motifs is 3. The molecule has 5 nitrogen and oxygen atoms in total. The first-order valence-corrected chi connectivity index (χ1v) is 9.99. The van der Waals surface area contributed by atoms with Gasteiger partial charge in [0.1, 0.15) is 5.69 Å². The first kappa shape index (κ1) is 17.1. The van der Waals surface area contributed by atoms with Crippen LogP contribution in [0.2, 0.25) is 0 Å². The van der Waals surface area contributed by atoms with E-state index in [1.54, 1.807) is 0 Å². The van der Waals surface area contributed by atoms with Gasteiger partial charge in [-0.2, -0.15) is 5.10 Å². The van der Waals surface area contributed by atoms with E-state index in [1.165, 1.54) is 37.8 Å². The molecule has 0 radical (unpaired) electrons. The summed E-state index contributed by atoms with van der Waals surface area (Å²) in [7, 11) is 0. The summed E-state index contributed by atoms with van der Waals surface area (Å²) in [5, 5.41) is 7.20. The molecule has 0 aliphatic heterocycles. The fraction of sp³-hybridized carbons (Fsp3) is 0.650. The second-order valence-electron chi connectivity index (χ2n) is 8.58. The first-order chi connectivity index (χ1) is 13.0. The number of carbonyl (C=O) groups is 1. The van der Waals surface area contributed by atoms with Crippen molar-refractivity contribution in [3.63, 3.8) is 0 Å². The smallest absolute Gasteiger partial charge is 0.280 e. The van der Waals surface area contributed by atoms with Gasteiger partial charge in [-0.05, 0) is 62.8 Å². The lowest BCUT2D eigenvalue weighted by molar-refractivity contribution is 0.0909. The van der Waals surface area contributed by atoms with Crippen LogP contribution >= 0.6 is 0 Å². The second-order valence-corrected chi connectivity index (χ2v) is 8.58. The molecular formula is C20H24F2N4O. The van der Waals surface area contributed by atoms with Crippen molar-refractivity contribution in [1.29, 1.82) is 0 Å². The fourth-order valence-electron chi connectivity index (χ4n) is 5.17. The van der Waals surface area contributed by atoms with Crippen LogP contribution in [0.1, 0.15) is 79.7 Å². The maximum Gasteiger partial charge on any atom is 0.280 e. The van der Waals surface area contributed by atoms with Gasteiger partial charge >= 0.3 is 0 Å². The van der Waals surface area contributed by atoms with Crippen LogP contribution in [0.4, 0.5) is 8.78 Å². The van der Waals surface area contributed by atoms with Crippen molar-refractivity contribution in [3.8, 4) is 0 Å². The van der Waals surface area contributed by atoms with Gasteiger partial charge < -0.3 is 5.32 Å². The topological polar surface area (TPSA) is 59.3 Å². The number of aromatic nitrogens is 3. The molecule has 7 heteroatoms. The Balaban J connectivity index is 1.39. The van der Waals surface area contributed by atoms with Crippen molar-refractivity contribution in [2.24, 2.45) is 17.8 Å². The van der Waals surface area contributed by atoms with Crippen LogP contribution in [0.15, 0.2) is 12.1 Å². The van der Waals surface area contributed by atoms with Gasteiger partial charge in [-0.3, -0.25) is 4.79 Å². The predicted molar refractivity (Wildman–Crippen MR) is 95.8 cm³/mol. The van der Waals surface area contributed by atoms with Crippen LogP contribution in [0.25, 0.3) is 5.65 Å². The normalized spacial score (nSPS) is 28.2. The monoisotopic (exact) mass is 374 g/mol. The van der Waals surface area contributed by atoms with E-state index in [9.17, 15) is 13.6 Å². The maximum absolute atomic E-state index is 13.5. The molecule has 0 saturated heterocycles. The van der Waals surface area contributed by atoms with Crippen LogP contribution in [0, 0.1) is 17.8 Å². The highest BCUT2D eigenvalue weighted by Gasteiger charge is 2.42. The van der Waals surface area contributed by atoms with Crippen LogP contribution < -0.4 is 5.32 Å². The van der Waals surface area contributed by atoms with Crippen molar-refractivity contribution < 1.29 is 13.6 Å². The van der Waals surface area contributed by atoms with Crippen molar-refractivity contribution in [2.75, 3.05) is 0 Å². The summed E-state index contributed by atoms with van der Waals surface area (Å²) in [6, 6.07) is 3.03. The number of nitrogens with one attached hydrogen (secondary N) is 1. The van der Waals surface area contributed by atoms with Gasteiger partial charge in [0, 0.05) is 23.7 Å². The van der Waals surface area contributed by atoms with Crippen LogP contribution in [-0.2, 0) is 0 Å². The summed E-state index contributed by atoms with van der Waals surface area (Å²) in [4.78, 5) is 17.2. The predicted octanol–water partition coefficient (Wildman–Crippen LogP) is 4.10. The molecule has 5 rings (SSSR count). The largest absolute Gasteiger partial charge is 0.348 e. The minimum Gasteiger partial charge on any atom is -0.348 e. The van der Waals surface area contributed by atoms with E-state index >= 15 is 0 Å². The standard InChI is InChI=1S/C20H24F2N4O/c1-10(14-7-11-2-3-13(14)6-11)23-20(27)16-9-18-24-15(12-4-5-12)8-17(19(21)22)26(18)25-16/h8-14,19H,2-7H2,1H3,(H,23,27). The lowest BCUT2D eigenvalue weighted by atomic mass is 9.84. The number of hydrogen-bond donors (Lipinski definition) is 1. The summed E-state index contributed by atoms with van der Waals surface area (Å²) in [6.45, 7) is 2.05. The Labute approximate surface area is 156 Å². The van der Waals surface area contributed by atoms with E-state index in [0.29, 0.717) is 23.2 Å². The molecular weight excluding hydrogens is 350 g/mol. The molecule has 2 heterocycles. The minimum atomic E-state index is -2.66. The average Bonchev–Trinajstić information content (AvgIpc) is 3.07. The van der Waals surface area contributed by atoms with Gasteiger partial charge in [-0.25, -0.2) is 18.3 Å². The molecule has 2 aromatic heterocycles. The van der Waals surface area contributed by atoms with Gasteiger partial charge in [0.05, 0.1) is 0 Å². The molecule has 1 amide bonds. The zero-order valence-electron chi connectivity index (χ0n) is 15.4. The summed E-state index contributed by atoms with van der Waals surface area (Å²) in [5.74, 6) is 2.00. The molecule has 1 N–H and O–H groups in total.